The largest absolute Gasteiger partial charge is 0.433 e. The van der Waals surface area contributed by atoms with E-state index in [4.69, 9.17) is 6.42 Å². The van der Waals surface area contributed by atoms with Crippen LogP contribution in [-0.4, -0.2) is 14.6 Å². The summed E-state index contributed by atoms with van der Waals surface area (Å²) in [6, 6.07) is 8.05. The number of hydrogen-bond donors (Lipinski definition) is 0. The number of benzene rings is 1. The van der Waals surface area contributed by atoms with E-state index in [1.807, 2.05) is 19.1 Å². The first-order chi connectivity index (χ1) is 10.4. The molecule has 22 heavy (non-hydrogen) atoms. The summed E-state index contributed by atoms with van der Waals surface area (Å²) < 4.78 is 40.5. The zero-order chi connectivity index (χ0) is 15.9. The van der Waals surface area contributed by atoms with Crippen LogP contribution in [0.4, 0.5) is 13.2 Å². The molecule has 0 atom stereocenters. The van der Waals surface area contributed by atoms with Crippen LogP contribution in [-0.2, 0) is 6.18 Å². The zero-order valence-corrected chi connectivity index (χ0v) is 11.5. The molecule has 0 aliphatic carbocycles. The van der Waals surface area contributed by atoms with Crippen LogP contribution in [0.5, 0.6) is 0 Å². The molecule has 0 unspecified atom stereocenters. The molecular weight excluding hydrogens is 291 g/mol. The van der Waals surface area contributed by atoms with E-state index in [1.165, 1.54) is 6.20 Å². The molecule has 2 heterocycles. The Bertz CT molecular complexity index is 884. The average Bonchev–Trinajstić information content (AvgIpc) is 2.88. The Balaban J connectivity index is 2.32. The number of terminal acetylenes is 1. The van der Waals surface area contributed by atoms with Crippen LogP contribution in [0.1, 0.15) is 16.8 Å². The Hall–Kier alpha value is -2.81. The van der Waals surface area contributed by atoms with Crippen LogP contribution < -0.4 is 0 Å². The lowest BCUT2D eigenvalue weighted by molar-refractivity contribution is -0.142. The summed E-state index contributed by atoms with van der Waals surface area (Å²) in [6.07, 6.45) is 1.95. The fraction of sp³-hybridized carbons (Fsp3) is 0.125. The van der Waals surface area contributed by atoms with Crippen LogP contribution in [0, 0.1) is 19.3 Å². The molecule has 0 saturated carbocycles. The van der Waals surface area contributed by atoms with Gasteiger partial charge in [-0.15, -0.1) is 6.42 Å². The molecule has 2 aromatic heterocycles. The number of halogens is 3. The monoisotopic (exact) mass is 301 g/mol. The third-order valence-electron chi connectivity index (χ3n) is 3.27. The first-order valence-corrected chi connectivity index (χ1v) is 6.40. The summed E-state index contributed by atoms with van der Waals surface area (Å²) in [4.78, 5) is 4.24. The van der Waals surface area contributed by atoms with Crippen molar-refractivity contribution in [1.82, 2.24) is 14.6 Å². The Labute approximate surface area is 124 Å². The minimum absolute atomic E-state index is 0.0212. The first kappa shape index (κ1) is 14.1. The van der Waals surface area contributed by atoms with E-state index in [0.717, 1.165) is 16.1 Å². The zero-order valence-electron chi connectivity index (χ0n) is 11.5. The number of aromatic nitrogens is 3. The molecule has 3 nitrogen and oxygen atoms in total. The van der Waals surface area contributed by atoms with E-state index < -0.39 is 11.9 Å². The number of nitrogens with zero attached hydrogens (tertiary/aromatic N) is 3. The molecule has 0 amide bonds. The highest BCUT2D eigenvalue weighted by Gasteiger charge is 2.35. The van der Waals surface area contributed by atoms with Crippen molar-refractivity contribution in [2.75, 3.05) is 0 Å². The van der Waals surface area contributed by atoms with Crippen molar-refractivity contribution >= 4 is 5.65 Å². The molecule has 0 radical (unpaired) electrons. The maximum atomic E-state index is 13.3. The van der Waals surface area contributed by atoms with Crippen LogP contribution in [0.15, 0.2) is 36.5 Å². The molecule has 1 aromatic carbocycles. The van der Waals surface area contributed by atoms with Crippen LogP contribution in [0.2, 0.25) is 0 Å². The normalized spacial score (nSPS) is 11.6. The molecule has 0 aliphatic rings. The van der Waals surface area contributed by atoms with Crippen LogP contribution >= 0.6 is 0 Å². The minimum Gasteiger partial charge on any atom is -0.227 e. The molecule has 6 heteroatoms. The van der Waals surface area contributed by atoms with E-state index >= 15 is 0 Å². The van der Waals surface area contributed by atoms with Gasteiger partial charge >= 0.3 is 6.18 Å². The summed E-state index contributed by atoms with van der Waals surface area (Å²) in [5.74, 6) is 2.30. The summed E-state index contributed by atoms with van der Waals surface area (Å²) in [7, 11) is 0. The second kappa shape index (κ2) is 4.88. The smallest absolute Gasteiger partial charge is 0.227 e. The molecule has 0 fully saturated rings. The van der Waals surface area contributed by atoms with Crippen molar-refractivity contribution in [3.05, 3.63) is 53.3 Å². The van der Waals surface area contributed by atoms with Gasteiger partial charge in [-0.05, 0) is 13.0 Å². The Kier molecular flexibility index (Phi) is 3.14. The van der Waals surface area contributed by atoms with E-state index in [9.17, 15) is 13.2 Å². The fourth-order valence-electron chi connectivity index (χ4n) is 2.14. The van der Waals surface area contributed by atoms with Crippen LogP contribution in [0.3, 0.4) is 0 Å². The second-order valence-corrected chi connectivity index (χ2v) is 4.83. The maximum absolute atomic E-state index is 13.3. The van der Waals surface area contributed by atoms with E-state index in [1.54, 1.807) is 12.1 Å². The summed E-state index contributed by atoms with van der Waals surface area (Å²) >= 11 is 0. The van der Waals surface area contributed by atoms with Crippen LogP contribution in [0.25, 0.3) is 16.9 Å². The Morgan fingerprint density at radius 2 is 1.86 bits per heavy atom. The van der Waals surface area contributed by atoms with Gasteiger partial charge in [0.15, 0.2) is 11.3 Å². The molecule has 3 rings (SSSR count). The molecule has 0 N–H and O–H groups in total. The Morgan fingerprint density at radius 1 is 1.18 bits per heavy atom. The lowest BCUT2D eigenvalue weighted by Crippen LogP contribution is -2.13. The lowest BCUT2D eigenvalue weighted by atomic mass is 10.1. The molecular formula is C16H10F3N3. The van der Waals surface area contributed by atoms with Crippen molar-refractivity contribution < 1.29 is 13.2 Å². The SMILES string of the molecule is C#Cc1cnn2c(C(F)(F)F)cc(-c3ccc(C)cc3)nc12. The number of alkyl halides is 3. The number of fused-ring (bicyclic) bond motifs is 1. The molecule has 0 bridgehead atoms. The van der Waals surface area contributed by atoms with Gasteiger partial charge in [0.05, 0.1) is 17.5 Å². The second-order valence-electron chi connectivity index (χ2n) is 4.83. The van der Waals surface area contributed by atoms with E-state index in [2.05, 4.69) is 16.0 Å². The van der Waals surface area contributed by atoms with Gasteiger partial charge in [0.25, 0.3) is 0 Å². The van der Waals surface area contributed by atoms with Gasteiger partial charge in [0.1, 0.15) is 0 Å². The van der Waals surface area contributed by atoms with Gasteiger partial charge in [-0.3, -0.25) is 0 Å². The maximum Gasteiger partial charge on any atom is 0.433 e. The number of hydrogen-bond acceptors (Lipinski definition) is 2. The van der Waals surface area contributed by atoms with Gasteiger partial charge in [0, 0.05) is 5.56 Å². The molecule has 0 aliphatic heterocycles. The highest BCUT2D eigenvalue weighted by Crippen LogP contribution is 2.32. The van der Waals surface area contributed by atoms with Gasteiger partial charge in [-0.2, -0.15) is 18.3 Å². The standard InChI is InChI=1S/C16H10F3N3/c1-3-11-9-20-22-14(16(17,18)19)8-13(21-15(11)22)12-6-4-10(2)5-7-12/h1,4-9H,2H3. The Morgan fingerprint density at radius 3 is 2.45 bits per heavy atom. The van der Waals surface area contributed by atoms with Crippen molar-refractivity contribution in [1.29, 1.82) is 0 Å². The highest BCUT2D eigenvalue weighted by atomic mass is 19.4. The van der Waals surface area contributed by atoms with Gasteiger partial charge < -0.3 is 0 Å². The summed E-state index contributed by atoms with van der Waals surface area (Å²) in [5.41, 5.74) is 1.14. The van der Waals surface area contributed by atoms with E-state index in [-0.39, 0.29) is 16.9 Å². The summed E-state index contributed by atoms with van der Waals surface area (Å²) in [5, 5.41) is 3.70. The fourth-order valence-corrected chi connectivity index (χ4v) is 2.14. The topological polar surface area (TPSA) is 30.2 Å². The lowest BCUT2D eigenvalue weighted by Gasteiger charge is -2.11. The van der Waals surface area contributed by atoms with Crippen molar-refractivity contribution in [2.24, 2.45) is 0 Å². The third kappa shape index (κ3) is 2.31. The molecule has 0 saturated heterocycles. The number of rotatable bonds is 1. The average molecular weight is 301 g/mol. The number of aryl methyl sites for hydroxylation is 1. The van der Waals surface area contributed by atoms with Crippen molar-refractivity contribution in [3.63, 3.8) is 0 Å². The van der Waals surface area contributed by atoms with Gasteiger partial charge in [-0.25, -0.2) is 9.50 Å². The van der Waals surface area contributed by atoms with Gasteiger partial charge in [0.2, 0.25) is 0 Å². The summed E-state index contributed by atoms with van der Waals surface area (Å²) in [6.45, 7) is 1.90. The van der Waals surface area contributed by atoms with Gasteiger partial charge in [-0.1, -0.05) is 35.7 Å². The van der Waals surface area contributed by atoms with Crippen molar-refractivity contribution in [2.45, 2.75) is 13.1 Å². The predicted octanol–water partition coefficient (Wildman–Crippen LogP) is 3.70. The first-order valence-electron chi connectivity index (χ1n) is 6.40. The molecule has 3 aromatic rings. The minimum atomic E-state index is -4.56. The molecule has 110 valence electrons. The predicted molar refractivity (Wildman–Crippen MR) is 76.1 cm³/mol. The quantitative estimate of drug-likeness (QED) is 0.641. The highest BCUT2D eigenvalue weighted by molar-refractivity contribution is 5.66. The molecule has 0 spiro atoms. The van der Waals surface area contributed by atoms with Crippen molar-refractivity contribution in [3.8, 4) is 23.6 Å². The third-order valence-corrected chi connectivity index (χ3v) is 3.27. The van der Waals surface area contributed by atoms with E-state index in [0.29, 0.717) is 5.56 Å².